The number of aromatic amines is 1. The largest absolute Gasteiger partial charge is 0.349 e. The molecule has 0 aliphatic rings. The molecular weight excluding hydrogens is 230 g/mol. The van der Waals surface area contributed by atoms with E-state index in [1.165, 1.54) is 11.8 Å². The number of hydrogen-bond donors (Lipinski definition) is 2. The van der Waals surface area contributed by atoms with E-state index in [2.05, 4.69) is 11.1 Å². The van der Waals surface area contributed by atoms with Gasteiger partial charge >= 0.3 is 0 Å². The molecule has 0 saturated heterocycles. The number of benzene rings is 1. The van der Waals surface area contributed by atoms with Gasteiger partial charge in [0.1, 0.15) is 6.07 Å². The Labute approximate surface area is 105 Å². The van der Waals surface area contributed by atoms with Gasteiger partial charge in [0.15, 0.2) is 0 Å². The molecule has 2 rings (SSSR count). The molecule has 0 atom stereocenters. The van der Waals surface area contributed by atoms with Crippen molar-refractivity contribution in [2.45, 2.75) is 11.6 Å². The van der Waals surface area contributed by atoms with Crippen LogP contribution in [0.1, 0.15) is 11.1 Å². The van der Waals surface area contributed by atoms with E-state index >= 15 is 0 Å². The quantitative estimate of drug-likeness (QED) is 0.815. The summed E-state index contributed by atoms with van der Waals surface area (Å²) in [5.74, 6) is 0. The van der Waals surface area contributed by atoms with Crippen LogP contribution in [0.4, 0.5) is 0 Å². The predicted octanol–water partition coefficient (Wildman–Crippen LogP) is 2.73. The lowest BCUT2D eigenvalue weighted by atomic mass is 10.0. The Morgan fingerprint density at radius 1 is 1.41 bits per heavy atom. The number of nitrogens with one attached hydrogen (secondary N) is 1. The molecule has 3 N–H and O–H groups in total. The van der Waals surface area contributed by atoms with Crippen molar-refractivity contribution >= 4 is 11.8 Å². The Balaban J connectivity index is 2.54. The maximum atomic E-state index is 9.03. The summed E-state index contributed by atoms with van der Waals surface area (Å²) >= 11 is 1.54. The lowest BCUT2D eigenvalue weighted by molar-refractivity contribution is 1.07. The zero-order chi connectivity index (χ0) is 12.3. The maximum absolute atomic E-state index is 9.03. The van der Waals surface area contributed by atoms with Crippen molar-refractivity contribution in [1.82, 2.24) is 4.98 Å². The van der Waals surface area contributed by atoms with Crippen molar-refractivity contribution < 1.29 is 0 Å². The number of aromatic nitrogens is 1. The van der Waals surface area contributed by atoms with E-state index in [1.54, 1.807) is 0 Å². The van der Waals surface area contributed by atoms with E-state index in [9.17, 15) is 0 Å². The molecule has 0 fully saturated rings. The van der Waals surface area contributed by atoms with Crippen LogP contribution in [0, 0.1) is 11.3 Å². The second-order valence-electron chi connectivity index (χ2n) is 3.60. The van der Waals surface area contributed by atoms with Crippen LogP contribution in [0.25, 0.3) is 11.3 Å². The lowest BCUT2D eigenvalue weighted by Crippen LogP contribution is -1.98. The molecule has 0 aliphatic heterocycles. The van der Waals surface area contributed by atoms with Crippen LogP contribution in [0.3, 0.4) is 0 Å². The van der Waals surface area contributed by atoms with Crippen LogP contribution < -0.4 is 5.73 Å². The molecule has 0 aliphatic carbocycles. The molecule has 1 aromatic carbocycles. The monoisotopic (exact) mass is 243 g/mol. The van der Waals surface area contributed by atoms with Crippen LogP contribution in [-0.2, 0) is 6.54 Å². The number of nitrogens with two attached hydrogens (primary N) is 1. The summed E-state index contributed by atoms with van der Waals surface area (Å²) in [6.07, 6.45) is 1.95. The third kappa shape index (κ3) is 2.21. The molecule has 2 aromatic rings. The molecule has 0 spiro atoms. The van der Waals surface area contributed by atoms with Gasteiger partial charge in [-0.3, -0.25) is 0 Å². The summed E-state index contributed by atoms with van der Waals surface area (Å²) in [5, 5.41) is 9.93. The molecule has 0 bridgehead atoms. The minimum Gasteiger partial charge on any atom is -0.349 e. The molecule has 17 heavy (non-hydrogen) atoms. The predicted molar refractivity (Wildman–Crippen MR) is 70.6 cm³/mol. The van der Waals surface area contributed by atoms with Crippen LogP contribution in [-0.4, -0.2) is 11.2 Å². The van der Waals surface area contributed by atoms with Gasteiger partial charge in [0.05, 0.1) is 10.6 Å². The van der Waals surface area contributed by atoms with E-state index < -0.39 is 0 Å². The Bertz CT molecular complexity index is 566. The smallest absolute Gasteiger partial charge is 0.102 e. The van der Waals surface area contributed by atoms with Crippen LogP contribution in [0.2, 0.25) is 0 Å². The fourth-order valence-electron chi connectivity index (χ4n) is 1.79. The minimum absolute atomic E-state index is 0.492. The summed E-state index contributed by atoms with van der Waals surface area (Å²) in [6.45, 7) is 0.492. The summed E-state index contributed by atoms with van der Waals surface area (Å²) in [4.78, 5) is 3.26. The molecule has 86 valence electrons. The third-order valence-corrected chi connectivity index (χ3v) is 3.36. The topological polar surface area (TPSA) is 65.6 Å². The fraction of sp³-hybridized carbons (Fsp3) is 0.154. The molecule has 0 unspecified atom stereocenters. The fourth-order valence-corrected chi connectivity index (χ4v) is 2.32. The molecule has 0 amide bonds. The first-order valence-electron chi connectivity index (χ1n) is 5.25. The molecule has 4 heteroatoms. The standard InChI is InChI=1S/C13H13N3S/c1-17-13-10(8-15)6-12(16-13)11-5-3-2-4-9(11)7-14/h2-6,16H,7,14H2,1H3. The Hall–Kier alpha value is -1.70. The van der Waals surface area contributed by atoms with Crippen LogP contribution in [0.5, 0.6) is 0 Å². The number of rotatable bonds is 3. The number of hydrogen-bond acceptors (Lipinski definition) is 3. The van der Waals surface area contributed by atoms with Crippen molar-refractivity contribution in [2.24, 2.45) is 5.73 Å². The second-order valence-corrected chi connectivity index (χ2v) is 4.42. The highest BCUT2D eigenvalue weighted by atomic mass is 32.2. The molecule has 0 radical (unpaired) electrons. The van der Waals surface area contributed by atoms with Crippen molar-refractivity contribution in [2.75, 3.05) is 6.26 Å². The van der Waals surface area contributed by atoms with Gasteiger partial charge in [-0.1, -0.05) is 24.3 Å². The summed E-state index contributed by atoms with van der Waals surface area (Å²) in [7, 11) is 0. The van der Waals surface area contributed by atoms with Gasteiger partial charge in [0.25, 0.3) is 0 Å². The van der Waals surface area contributed by atoms with Crippen molar-refractivity contribution in [3.63, 3.8) is 0 Å². The molecule has 1 heterocycles. The first-order valence-corrected chi connectivity index (χ1v) is 6.48. The van der Waals surface area contributed by atoms with Crippen LogP contribution in [0.15, 0.2) is 35.4 Å². The Morgan fingerprint density at radius 3 is 2.76 bits per heavy atom. The van der Waals surface area contributed by atoms with Crippen molar-refractivity contribution in [3.8, 4) is 17.3 Å². The number of nitriles is 1. The van der Waals surface area contributed by atoms with E-state index in [0.29, 0.717) is 12.1 Å². The van der Waals surface area contributed by atoms with E-state index in [4.69, 9.17) is 11.0 Å². The molecule has 1 aromatic heterocycles. The first kappa shape index (κ1) is 11.8. The van der Waals surface area contributed by atoms with Crippen molar-refractivity contribution in [3.05, 3.63) is 41.5 Å². The summed E-state index contributed by atoms with van der Waals surface area (Å²) < 4.78 is 0. The summed E-state index contributed by atoms with van der Waals surface area (Å²) in [6, 6.07) is 12.0. The van der Waals surface area contributed by atoms with Gasteiger partial charge in [-0.15, -0.1) is 11.8 Å². The minimum atomic E-state index is 0.492. The zero-order valence-electron chi connectivity index (χ0n) is 9.53. The summed E-state index contributed by atoms with van der Waals surface area (Å²) in [5.41, 5.74) is 9.48. The van der Waals surface area contributed by atoms with Gasteiger partial charge in [-0.2, -0.15) is 5.26 Å². The SMILES string of the molecule is CSc1[nH]c(-c2ccccc2CN)cc1C#N. The van der Waals surface area contributed by atoms with Gasteiger partial charge in [-0.25, -0.2) is 0 Å². The van der Waals surface area contributed by atoms with Gasteiger partial charge in [-0.05, 0) is 17.9 Å². The van der Waals surface area contributed by atoms with E-state index in [-0.39, 0.29) is 0 Å². The van der Waals surface area contributed by atoms with E-state index in [0.717, 1.165) is 21.8 Å². The van der Waals surface area contributed by atoms with Crippen LogP contribution >= 0.6 is 11.8 Å². The number of H-pyrrole nitrogens is 1. The molecule has 3 nitrogen and oxygen atoms in total. The lowest BCUT2D eigenvalue weighted by Gasteiger charge is -2.04. The average Bonchev–Trinajstić information content (AvgIpc) is 2.81. The van der Waals surface area contributed by atoms with Gasteiger partial charge < -0.3 is 10.7 Å². The normalized spacial score (nSPS) is 10.2. The average molecular weight is 243 g/mol. The highest BCUT2D eigenvalue weighted by Crippen LogP contribution is 2.28. The Morgan fingerprint density at radius 2 is 2.18 bits per heavy atom. The highest BCUT2D eigenvalue weighted by molar-refractivity contribution is 7.98. The van der Waals surface area contributed by atoms with Crippen molar-refractivity contribution in [1.29, 1.82) is 5.26 Å². The van der Waals surface area contributed by atoms with Gasteiger partial charge in [0, 0.05) is 17.8 Å². The number of nitrogens with zero attached hydrogens (tertiary/aromatic N) is 1. The highest BCUT2D eigenvalue weighted by Gasteiger charge is 2.10. The molecular formula is C13H13N3S. The van der Waals surface area contributed by atoms with E-state index in [1.807, 2.05) is 36.6 Å². The molecule has 0 saturated carbocycles. The zero-order valence-corrected chi connectivity index (χ0v) is 10.3. The first-order chi connectivity index (χ1) is 8.30. The third-order valence-electron chi connectivity index (χ3n) is 2.63. The maximum Gasteiger partial charge on any atom is 0.102 e. The second kappa shape index (κ2) is 5.09. The number of thioether (sulfide) groups is 1. The van der Waals surface area contributed by atoms with Gasteiger partial charge in [0.2, 0.25) is 0 Å². The Kier molecular flexibility index (Phi) is 3.52.